The van der Waals surface area contributed by atoms with Crippen LogP contribution in [0.15, 0.2) is 12.1 Å². The number of amides is 2. The van der Waals surface area contributed by atoms with Crippen LogP contribution < -0.4 is 10.2 Å². The molecule has 0 fully saturated rings. The zero-order chi connectivity index (χ0) is 18.9. The fourth-order valence-corrected chi connectivity index (χ4v) is 2.79. The molecule has 0 aliphatic carbocycles. The van der Waals surface area contributed by atoms with Gasteiger partial charge in [0, 0.05) is 13.0 Å². The minimum absolute atomic E-state index is 0.00355. The van der Waals surface area contributed by atoms with Crippen molar-refractivity contribution in [3.63, 3.8) is 0 Å². The predicted octanol–water partition coefficient (Wildman–Crippen LogP) is 3.42. The van der Waals surface area contributed by atoms with Crippen LogP contribution in [0.2, 0.25) is 0 Å². The maximum absolute atomic E-state index is 13.0. The number of anilines is 1. The molecule has 0 saturated carbocycles. The molecule has 0 saturated heterocycles. The summed E-state index contributed by atoms with van der Waals surface area (Å²) >= 11 is 0. The van der Waals surface area contributed by atoms with Gasteiger partial charge in [-0.05, 0) is 39.3 Å². The molecule has 2 rings (SSSR count). The summed E-state index contributed by atoms with van der Waals surface area (Å²) in [4.78, 5) is 28.7. The second kappa shape index (κ2) is 6.89. The maximum atomic E-state index is 13.0. The Bertz CT molecular complexity index is 676. The first-order valence-electron chi connectivity index (χ1n) is 7.85. The van der Waals surface area contributed by atoms with Gasteiger partial charge in [-0.25, -0.2) is 9.78 Å². The summed E-state index contributed by atoms with van der Waals surface area (Å²) in [5, 5.41) is 2.60. The topological polar surface area (TPSA) is 71.5 Å². The maximum Gasteiger partial charge on any atom is 0.433 e. The largest absolute Gasteiger partial charge is 0.446 e. The molecule has 1 aromatic rings. The van der Waals surface area contributed by atoms with Crippen molar-refractivity contribution < 1.29 is 27.5 Å². The van der Waals surface area contributed by atoms with Crippen molar-refractivity contribution >= 4 is 17.7 Å². The number of nitrogens with zero attached hydrogens (tertiary/aromatic N) is 2. The molecule has 0 spiro atoms. The third kappa shape index (κ3) is 4.21. The molecule has 2 amide bonds. The van der Waals surface area contributed by atoms with E-state index in [9.17, 15) is 22.8 Å². The summed E-state index contributed by atoms with van der Waals surface area (Å²) in [6.07, 6.45) is -5.43. The molecule has 1 aliphatic heterocycles. The Labute approximate surface area is 143 Å². The molecule has 6 nitrogen and oxygen atoms in total. The van der Waals surface area contributed by atoms with E-state index in [1.165, 1.54) is 17.9 Å². The van der Waals surface area contributed by atoms with Gasteiger partial charge in [-0.3, -0.25) is 9.69 Å². The van der Waals surface area contributed by atoms with Crippen molar-refractivity contribution in [3.8, 4) is 0 Å². The van der Waals surface area contributed by atoms with Crippen molar-refractivity contribution in [1.29, 1.82) is 0 Å². The monoisotopic (exact) mass is 359 g/mol. The van der Waals surface area contributed by atoms with Crippen LogP contribution in [-0.4, -0.2) is 29.1 Å². The summed E-state index contributed by atoms with van der Waals surface area (Å²) in [7, 11) is 0. The van der Waals surface area contributed by atoms with Crippen LogP contribution in [0.1, 0.15) is 51.5 Å². The molecule has 2 unspecified atom stereocenters. The van der Waals surface area contributed by atoms with E-state index in [-0.39, 0.29) is 35.9 Å². The predicted molar refractivity (Wildman–Crippen MR) is 84.0 cm³/mol. The summed E-state index contributed by atoms with van der Waals surface area (Å²) in [5.41, 5.74) is -0.867. The number of hydrogen-bond donors (Lipinski definition) is 1. The lowest BCUT2D eigenvalue weighted by Gasteiger charge is -2.38. The third-order valence-corrected chi connectivity index (χ3v) is 3.71. The fourth-order valence-electron chi connectivity index (χ4n) is 2.79. The van der Waals surface area contributed by atoms with E-state index in [1.54, 1.807) is 20.8 Å². The molecule has 1 N–H and O–H groups in total. The zero-order valence-corrected chi connectivity index (χ0v) is 14.3. The van der Waals surface area contributed by atoms with Gasteiger partial charge in [0.2, 0.25) is 5.91 Å². The summed E-state index contributed by atoms with van der Waals surface area (Å²) in [5.74, 6) is -0.388. The van der Waals surface area contributed by atoms with Gasteiger partial charge >= 0.3 is 12.3 Å². The third-order valence-electron chi connectivity index (χ3n) is 3.71. The van der Waals surface area contributed by atoms with Gasteiger partial charge in [0.25, 0.3) is 0 Å². The molecule has 0 radical (unpaired) electrons. The highest BCUT2D eigenvalue weighted by Gasteiger charge is 2.39. The first-order valence-corrected chi connectivity index (χ1v) is 7.85. The molecule has 9 heteroatoms. The highest BCUT2D eigenvalue weighted by atomic mass is 19.4. The van der Waals surface area contributed by atoms with E-state index in [0.717, 1.165) is 6.07 Å². The van der Waals surface area contributed by atoms with Gasteiger partial charge in [0.05, 0.1) is 23.5 Å². The van der Waals surface area contributed by atoms with Gasteiger partial charge in [-0.1, -0.05) is 0 Å². The number of halogens is 3. The minimum Gasteiger partial charge on any atom is -0.446 e. The van der Waals surface area contributed by atoms with Crippen molar-refractivity contribution in [3.05, 3.63) is 23.5 Å². The van der Waals surface area contributed by atoms with Gasteiger partial charge in [0.15, 0.2) is 0 Å². The molecular weight excluding hydrogens is 339 g/mol. The van der Waals surface area contributed by atoms with E-state index < -0.39 is 24.0 Å². The zero-order valence-electron chi connectivity index (χ0n) is 14.3. The first-order chi connectivity index (χ1) is 11.5. The molecule has 1 aliphatic rings. The normalized spacial score (nSPS) is 20.2. The Morgan fingerprint density at radius 3 is 2.52 bits per heavy atom. The highest BCUT2D eigenvalue weighted by Crippen LogP contribution is 2.39. The number of nitrogens with one attached hydrogen (secondary N) is 1. The lowest BCUT2D eigenvalue weighted by Crippen LogP contribution is -2.47. The van der Waals surface area contributed by atoms with E-state index in [4.69, 9.17) is 4.74 Å². The van der Waals surface area contributed by atoms with E-state index in [0.29, 0.717) is 0 Å². The van der Waals surface area contributed by atoms with Gasteiger partial charge in [0.1, 0.15) is 5.69 Å². The second-order valence-corrected chi connectivity index (χ2v) is 6.24. The molecule has 0 bridgehead atoms. The standard InChI is InChI=1S/C16H20F3N3O3/c1-8(2)25-15(24)22-9(3)7-11(20-10(4)23)14-12(22)5-6-13(21-14)16(17,18)19/h5-6,8-9,11H,7H2,1-4H3,(H,20,23). The molecule has 0 aromatic carbocycles. The number of fused-ring (bicyclic) bond motifs is 1. The number of rotatable bonds is 2. The fraction of sp³-hybridized carbons (Fsp3) is 0.562. The van der Waals surface area contributed by atoms with Gasteiger partial charge in [-0.2, -0.15) is 13.2 Å². The SMILES string of the molecule is CC(=O)NC1CC(C)N(C(=O)OC(C)C)c2ccc(C(F)(F)F)nc21. The quantitative estimate of drug-likeness (QED) is 0.878. The van der Waals surface area contributed by atoms with E-state index in [2.05, 4.69) is 10.3 Å². The van der Waals surface area contributed by atoms with Crippen LogP contribution in [-0.2, 0) is 15.7 Å². The van der Waals surface area contributed by atoms with Crippen LogP contribution in [0, 0.1) is 0 Å². The molecule has 2 heterocycles. The molecule has 2 atom stereocenters. The number of aromatic nitrogens is 1. The average Bonchev–Trinajstić information content (AvgIpc) is 2.44. The number of ether oxygens (including phenoxy) is 1. The smallest absolute Gasteiger partial charge is 0.433 e. The molecule has 138 valence electrons. The van der Waals surface area contributed by atoms with Crippen LogP contribution in [0.5, 0.6) is 0 Å². The summed E-state index contributed by atoms with van der Waals surface area (Å²) < 4.78 is 44.2. The van der Waals surface area contributed by atoms with Crippen LogP contribution in [0.25, 0.3) is 0 Å². The Morgan fingerprint density at radius 1 is 1.36 bits per heavy atom. The number of carbonyl (C=O) groups excluding carboxylic acids is 2. The Balaban J connectivity index is 2.52. The van der Waals surface area contributed by atoms with Crippen molar-refractivity contribution in [1.82, 2.24) is 10.3 Å². The molecule has 25 heavy (non-hydrogen) atoms. The van der Waals surface area contributed by atoms with Crippen LogP contribution in [0.3, 0.4) is 0 Å². The number of alkyl halides is 3. The first kappa shape index (κ1) is 19.0. The van der Waals surface area contributed by atoms with Crippen LogP contribution >= 0.6 is 0 Å². The molecular formula is C16H20F3N3O3. The second-order valence-electron chi connectivity index (χ2n) is 6.24. The Morgan fingerprint density at radius 2 is 2.00 bits per heavy atom. The lowest BCUT2D eigenvalue weighted by atomic mass is 9.95. The number of pyridine rings is 1. The van der Waals surface area contributed by atoms with E-state index in [1.807, 2.05) is 0 Å². The van der Waals surface area contributed by atoms with Crippen molar-refractivity contribution in [2.75, 3.05) is 4.90 Å². The molecule has 1 aromatic heterocycles. The summed E-state index contributed by atoms with van der Waals surface area (Å²) in [6, 6.07) is 0.913. The average molecular weight is 359 g/mol. The van der Waals surface area contributed by atoms with Crippen molar-refractivity contribution in [2.24, 2.45) is 0 Å². The number of carbonyl (C=O) groups is 2. The number of hydrogen-bond acceptors (Lipinski definition) is 4. The van der Waals surface area contributed by atoms with Gasteiger partial charge < -0.3 is 10.1 Å². The van der Waals surface area contributed by atoms with Crippen molar-refractivity contribution in [2.45, 2.75) is 58.5 Å². The minimum atomic E-state index is -4.62. The van der Waals surface area contributed by atoms with Crippen LogP contribution in [0.4, 0.5) is 23.7 Å². The van der Waals surface area contributed by atoms with E-state index >= 15 is 0 Å². The van der Waals surface area contributed by atoms with Gasteiger partial charge in [-0.15, -0.1) is 0 Å². The highest BCUT2D eigenvalue weighted by molar-refractivity contribution is 5.90. The Kier molecular flexibility index (Phi) is 5.24. The lowest BCUT2D eigenvalue weighted by molar-refractivity contribution is -0.141. The Hall–Kier alpha value is -2.32. The summed E-state index contributed by atoms with van der Waals surface area (Å²) in [6.45, 7) is 6.37.